The zero-order valence-electron chi connectivity index (χ0n) is 15.7. The summed E-state index contributed by atoms with van der Waals surface area (Å²) in [6, 6.07) is 6.67. The van der Waals surface area contributed by atoms with Gasteiger partial charge in [-0.15, -0.1) is 0 Å². The van der Waals surface area contributed by atoms with Gasteiger partial charge in [-0.1, -0.05) is 26.8 Å². The number of benzene rings is 1. The number of aryl methyl sites for hydroxylation is 1. The number of nitrogens with one attached hydrogen (secondary N) is 1. The lowest BCUT2D eigenvalue weighted by atomic mass is 9.72. The third kappa shape index (κ3) is 3.22. The molecule has 1 aromatic heterocycles. The van der Waals surface area contributed by atoms with Crippen LogP contribution in [0.5, 0.6) is 0 Å². The number of hydroxylamine groups is 2. The van der Waals surface area contributed by atoms with Gasteiger partial charge in [0.1, 0.15) is 5.82 Å². The fraction of sp³-hybridized carbons (Fsp3) is 0.650. The van der Waals surface area contributed by atoms with Crippen LogP contribution in [-0.2, 0) is 11.8 Å². The summed E-state index contributed by atoms with van der Waals surface area (Å²) >= 11 is 0. The van der Waals surface area contributed by atoms with Gasteiger partial charge in [-0.25, -0.2) is 4.98 Å². The zero-order chi connectivity index (χ0) is 17.5. The van der Waals surface area contributed by atoms with Crippen molar-refractivity contribution in [3.63, 3.8) is 0 Å². The second-order valence-corrected chi connectivity index (χ2v) is 8.68. The predicted octanol–water partition coefficient (Wildman–Crippen LogP) is 4.82. The summed E-state index contributed by atoms with van der Waals surface area (Å²) in [5.74, 6) is 1.03. The summed E-state index contributed by atoms with van der Waals surface area (Å²) < 4.78 is 0. The molecule has 4 heteroatoms. The van der Waals surface area contributed by atoms with E-state index in [4.69, 9.17) is 4.98 Å². The Hall–Kier alpha value is -1.39. The molecule has 24 heavy (non-hydrogen) atoms. The van der Waals surface area contributed by atoms with Crippen LogP contribution in [0.25, 0.3) is 11.0 Å². The predicted molar refractivity (Wildman–Crippen MR) is 98.5 cm³/mol. The highest BCUT2D eigenvalue weighted by molar-refractivity contribution is 5.76. The molecule has 1 aromatic carbocycles. The Morgan fingerprint density at radius 2 is 2.00 bits per heavy atom. The van der Waals surface area contributed by atoms with Gasteiger partial charge in [0.25, 0.3) is 0 Å². The van der Waals surface area contributed by atoms with E-state index >= 15 is 0 Å². The van der Waals surface area contributed by atoms with Gasteiger partial charge in [-0.2, -0.15) is 5.06 Å². The van der Waals surface area contributed by atoms with E-state index in [0.29, 0.717) is 0 Å². The van der Waals surface area contributed by atoms with Crippen LogP contribution in [0.2, 0.25) is 0 Å². The number of fused-ring (bicyclic) bond motifs is 1. The van der Waals surface area contributed by atoms with Crippen LogP contribution in [0.3, 0.4) is 0 Å². The molecular formula is C20H31N3O. The van der Waals surface area contributed by atoms with Gasteiger partial charge in [-0.05, 0) is 62.6 Å². The van der Waals surface area contributed by atoms with E-state index in [1.807, 2.05) is 0 Å². The molecule has 0 spiro atoms. The second kappa shape index (κ2) is 6.16. The molecule has 1 fully saturated rings. The largest absolute Gasteiger partial charge is 0.342 e. The number of hydrogen-bond acceptors (Lipinski definition) is 3. The first-order chi connectivity index (χ1) is 11.2. The highest BCUT2D eigenvalue weighted by Crippen LogP contribution is 2.41. The second-order valence-electron chi connectivity index (χ2n) is 8.68. The van der Waals surface area contributed by atoms with Gasteiger partial charge >= 0.3 is 0 Å². The molecule has 4 nitrogen and oxygen atoms in total. The maximum atomic E-state index is 10.4. The molecule has 3 rings (SSSR count). The summed E-state index contributed by atoms with van der Waals surface area (Å²) in [5, 5.41) is 12.0. The quantitative estimate of drug-likeness (QED) is 0.774. The molecule has 2 N–H and O–H groups in total. The van der Waals surface area contributed by atoms with Gasteiger partial charge in [0.05, 0.1) is 11.0 Å². The monoisotopic (exact) mass is 329 g/mol. The first kappa shape index (κ1) is 17.4. The number of H-pyrrole nitrogens is 1. The summed E-state index contributed by atoms with van der Waals surface area (Å²) in [4.78, 5) is 8.23. The lowest BCUT2D eigenvalue weighted by Crippen LogP contribution is -2.55. The van der Waals surface area contributed by atoms with Crippen molar-refractivity contribution in [3.8, 4) is 0 Å². The Morgan fingerprint density at radius 3 is 2.54 bits per heavy atom. The Bertz CT molecular complexity index is 707. The minimum atomic E-state index is -0.0519. The zero-order valence-corrected chi connectivity index (χ0v) is 15.7. The van der Waals surface area contributed by atoms with Gasteiger partial charge in [0.15, 0.2) is 0 Å². The van der Waals surface area contributed by atoms with E-state index in [0.717, 1.165) is 42.5 Å². The van der Waals surface area contributed by atoms with Crippen molar-refractivity contribution in [2.45, 2.75) is 83.7 Å². The van der Waals surface area contributed by atoms with Crippen LogP contribution >= 0.6 is 0 Å². The average Bonchev–Trinajstić information content (AvgIpc) is 2.86. The van der Waals surface area contributed by atoms with Crippen LogP contribution < -0.4 is 0 Å². The fourth-order valence-corrected chi connectivity index (χ4v) is 3.72. The molecule has 0 amide bonds. The highest BCUT2D eigenvalue weighted by Gasteiger charge is 2.43. The van der Waals surface area contributed by atoms with Crippen molar-refractivity contribution in [3.05, 3.63) is 29.6 Å². The summed E-state index contributed by atoms with van der Waals surface area (Å²) in [7, 11) is 0. The fourth-order valence-electron chi connectivity index (χ4n) is 3.72. The SMILES string of the molecule is CC(C)N(O)C1(CCc2nc3ccc(C(C)(C)C)cc3[nH]2)CCC1. The van der Waals surface area contributed by atoms with Crippen LogP contribution in [0.1, 0.15) is 71.7 Å². The molecule has 0 unspecified atom stereocenters. The first-order valence-electron chi connectivity index (χ1n) is 9.19. The van der Waals surface area contributed by atoms with Crippen molar-refractivity contribution in [1.82, 2.24) is 15.0 Å². The van der Waals surface area contributed by atoms with Crippen molar-refractivity contribution in [1.29, 1.82) is 0 Å². The molecule has 132 valence electrons. The standard InChI is InChI=1S/C20H31N3O/c1-14(2)23(24)20(10-6-11-20)12-9-18-21-16-8-7-15(19(3,4)5)13-17(16)22-18/h7-8,13-14,24H,6,9-12H2,1-5H3,(H,21,22). The average molecular weight is 329 g/mol. The molecule has 2 aromatic rings. The minimum absolute atomic E-state index is 0.0519. The number of hydrogen-bond donors (Lipinski definition) is 2. The summed E-state index contributed by atoms with van der Waals surface area (Å²) in [5.41, 5.74) is 3.56. The van der Waals surface area contributed by atoms with Crippen LogP contribution in [-0.4, -0.2) is 31.8 Å². The Kier molecular flexibility index (Phi) is 4.47. The topological polar surface area (TPSA) is 52.1 Å². The molecule has 1 heterocycles. The Morgan fingerprint density at radius 1 is 1.29 bits per heavy atom. The molecule has 1 saturated carbocycles. The minimum Gasteiger partial charge on any atom is -0.342 e. The van der Waals surface area contributed by atoms with E-state index in [1.165, 1.54) is 12.0 Å². The lowest BCUT2D eigenvalue weighted by Gasteiger charge is -2.49. The summed E-state index contributed by atoms with van der Waals surface area (Å²) in [6.45, 7) is 10.8. The van der Waals surface area contributed by atoms with E-state index in [9.17, 15) is 5.21 Å². The third-order valence-electron chi connectivity index (χ3n) is 5.48. The molecule has 0 aliphatic heterocycles. The molecule has 0 radical (unpaired) electrons. The van der Waals surface area contributed by atoms with Gasteiger partial charge in [0, 0.05) is 18.0 Å². The van der Waals surface area contributed by atoms with Crippen molar-refractivity contribution >= 4 is 11.0 Å². The van der Waals surface area contributed by atoms with Crippen molar-refractivity contribution in [2.24, 2.45) is 0 Å². The van der Waals surface area contributed by atoms with Crippen LogP contribution in [0.15, 0.2) is 18.2 Å². The van der Waals surface area contributed by atoms with Crippen molar-refractivity contribution in [2.75, 3.05) is 0 Å². The molecular weight excluding hydrogens is 298 g/mol. The van der Waals surface area contributed by atoms with E-state index in [1.54, 1.807) is 5.06 Å². The number of nitrogens with zero attached hydrogens (tertiary/aromatic N) is 2. The summed E-state index contributed by atoms with van der Waals surface area (Å²) in [6.07, 6.45) is 5.20. The first-order valence-corrected chi connectivity index (χ1v) is 9.19. The molecule has 1 aliphatic rings. The molecule has 0 atom stereocenters. The van der Waals surface area contributed by atoms with E-state index in [-0.39, 0.29) is 17.0 Å². The Balaban J connectivity index is 1.76. The maximum absolute atomic E-state index is 10.4. The van der Waals surface area contributed by atoms with E-state index < -0.39 is 0 Å². The molecule has 0 bridgehead atoms. The number of rotatable bonds is 5. The van der Waals surface area contributed by atoms with Gasteiger partial charge in [-0.3, -0.25) is 0 Å². The molecule has 1 aliphatic carbocycles. The lowest BCUT2D eigenvalue weighted by molar-refractivity contribution is -0.223. The smallest absolute Gasteiger partial charge is 0.107 e. The molecule has 0 saturated heterocycles. The van der Waals surface area contributed by atoms with Crippen molar-refractivity contribution < 1.29 is 5.21 Å². The normalized spacial score (nSPS) is 17.7. The van der Waals surface area contributed by atoms with Gasteiger partial charge in [0.2, 0.25) is 0 Å². The number of aromatic amines is 1. The number of aromatic nitrogens is 2. The Labute approximate surface area is 145 Å². The maximum Gasteiger partial charge on any atom is 0.107 e. The van der Waals surface area contributed by atoms with Crippen LogP contribution in [0.4, 0.5) is 0 Å². The third-order valence-corrected chi connectivity index (χ3v) is 5.48. The highest BCUT2D eigenvalue weighted by atomic mass is 16.5. The van der Waals surface area contributed by atoms with Crippen LogP contribution in [0, 0.1) is 0 Å². The van der Waals surface area contributed by atoms with E-state index in [2.05, 4.69) is 57.8 Å². The van der Waals surface area contributed by atoms with Gasteiger partial charge < -0.3 is 10.2 Å². The number of imidazole rings is 1.